The van der Waals surface area contributed by atoms with Gasteiger partial charge in [-0.05, 0) is 49.1 Å². The summed E-state index contributed by atoms with van der Waals surface area (Å²) in [5.74, 6) is 0.887. The van der Waals surface area contributed by atoms with E-state index in [2.05, 4.69) is 4.98 Å². The average molecular weight is 290 g/mol. The Morgan fingerprint density at radius 2 is 1.95 bits per heavy atom. The second-order valence-corrected chi connectivity index (χ2v) is 6.42. The van der Waals surface area contributed by atoms with Crippen molar-refractivity contribution in [3.05, 3.63) is 29.8 Å². The number of pyridine rings is 1. The van der Waals surface area contributed by atoms with Crippen LogP contribution in [0.4, 0.5) is 4.39 Å². The molecule has 0 aromatic carbocycles. The van der Waals surface area contributed by atoms with Crippen molar-refractivity contribution < 1.29 is 14.0 Å². The standard InChI is InChI=1S/C16H19FN2O2/c17-14-6-5-12(9-18-14)13-7-8-21-19(13)16(20)15(10-1-2-10)11-3-4-11/h5-6,9-11,13,15H,1-4,7-8H2/t13-/m0/s1. The number of aromatic nitrogens is 1. The third-order valence-corrected chi connectivity index (χ3v) is 4.80. The van der Waals surface area contributed by atoms with Gasteiger partial charge in [0.05, 0.1) is 12.6 Å². The average Bonchev–Trinajstić information content (AvgIpc) is 3.41. The van der Waals surface area contributed by atoms with Gasteiger partial charge in [0.2, 0.25) is 11.9 Å². The molecule has 1 amide bonds. The minimum absolute atomic E-state index is 0.120. The maximum Gasteiger partial charge on any atom is 0.250 e. The van der Waals surface area contributed by atoms with Gasteiger partial charge in [-0.2, -0.15) is 4.39 Å². The Kier molecular flexibility index (Phi) is 3.17. The minimum atomic E-state index is -0.496. The predicted molar refractivity (Wildman–Crippen MR) is 73.3 cm³/mol. The molecule has 112 valence electrons. The molecule has 0 spiro atoms. The second kappa shape index (κ2) is 5.05. The first-order valence-electron chi connectivity index (χ1n) is 7.81. The van der Waals surface area contributed by atoms with Gasteiger partial charge >= 0.3 is 0 Å². The van der Waals surface area contributed by atoms with Crippen molar-refractivity contribution in [3.8, 4) is 0 Å². The summed E-state index contributed by atoms with van der Waals surface area (Å²) >= 11 is 0. The SMILES string of the molecule is O=C(C(C1CC1)C1CC1)N1OCC[C@H]1c1ccc(F)nc1. The number of carbonyl (C=O) groups excluding carboxylic acids is 1. The maximum atomic E-state index is 13.0. The summed E-state index contributed by atoms with van der Waals surface area (Å²) in [7, 11) is 0. The molecule has 2 heterocycles. The highest BCUT2D eigenvalue weighted by Crippen LogP contribution is 2.51. The fraction of sp³-hybridized carbons (Fsp3) is 0.625. The van der Waals surface area contributed by atoms with E-state index in [0.717, 1.165) is 12.0 Å². The monoisotopic (exact) mass is 290 g/mol. The molecule has 1 aliphatic heterocycles. The number of hydrogen-bond donors (Lipinski definition) is 0. The largest absolute Gasteiger partial charge is 0.272 e. The Balaban J connectivity index is 1.55. The molecule has 0 bridgehead atoms. The van der Waals surface area contributed by atoms with E-state index in [-0.39, 0.29) is 17.9 Å². The normalized spacial score (nSPS) is 25.6. The van der Waals surface area contributed by atoms with Crippen molar-refractivity contribution >= 4 is 5.91 Å². The molecule has 2 saturated carbocycles. The summed E-state index contributed by atoms with van der Waals surface area (Å²) in [5, 5.41) is 1.55. The molecular weight excluding hydrogens is 271 g/mol. The summed E-state index contributed by atoms with van der Waals surface area (Å²) in [6.45, 7) is 0.538. The fourth-order valence-corrected chi connectivity index (χ4v) is 3.42. The number of nitrogens with zero attached hydrogens (tertiary/aromatic N) is 2. The first-order valence-corrected chi connectivity index (χ1v) is 7.81. The molecule has 1 saturated heterocycles. The van der Waals surface area contributed by atoms with Gasteiger partial charge in [-0.1, -0.05) is 6.07 Å². The van der Waals surface area contributed by atoms with E-state index in [1.807, 2.05) is 0 Å². The van der Waals surface area contributed by atoms with E-state index < -0.39 is 5.95 Å². The van der Waals surface area contributed by atoms with Crippen LogP contribution < -0.4 is 0 Å². The lowest BCUT2D eigenvalue weighted by Gasteiger charge is -2.27. The van der Waals surface area contributed by atoms with Gasteiger partial charge in [0.25, 0.3) is 0 Å². The molecule has 5 heteroatoms. The Morgan fingerprint density at radius 3 is 2.52 bits per heavy atom. The highest BCUT2D eigenvalue weighted by atomic mass is 19.1. The zero-order valence-corrected chi connectivity index (χ0v) is 11.9. The molecule has 3 aliphatic rings. The number of hydrogen-bond acceptors (Lipinski definition) is 3. The fourth-order valence-electron chi connectivity index (χ4n) is 3.42. The molecule has 1 aromatic heterocycles. The molecule has 21 heavy (non-hydrogen) atoms. The quantitative estimate of drug-likeness (QED) is 0.801. The molecule has 0 unspecified atom stereocenters. The van der Waals surface area contributed by atoms with Gasteiger partial charge < -0.3 is 0 Å². The summed E-state index contributed by atoms with van der Waals surface area (Å²) in [5.41, 5.74) is 0.854. The van der Waals surface area contributed by atoms with Gasteiger partial charge in [0, 0.05) is 18.5 Å². The van der Waals surface area contributed by atoms with Crippen LogP contribution in [-0.4, -0.2) is 22.6 Å². The number of carbonyl (C=O) groups is 1. The van der Waals surface area contributed by atoms with Crippen LogP contribution in [0.5, 0.6) is 0 Å². The van der Waals surface area contributed by atoms with Gasteiger partial charge in [0.1, 0.15) is 0 Å². The van der Waals surface area contributed by atoms with Crippen LogP contribution in [-0.2, 0) is 9.63 Å². The Hall–Kier alpha value is -1.49. The van der Waals surface area contributed by atoms with E-state index in [1.54, 1.807) is 11.1 Å². The number of rotatable bonds is 4. The van der Waals surface area contributed by atoms with Gasteiger partial charge in [0.15, 0.2) is 0 Å². The van der Waals surface area contributed by atoms with Crippen LogP contribution in [0.15, 0.2) is 18.3 Å². The van der Waals surface area contributed by atoms with Crippen molar-refractivity contribution in [1.29, 1.82) is 0 Å². The van der Waals surface area contributed by atoms with Gasteiger partial charge in [-0.15, -0.1) is 0 Å². The summed E-state index contributed by atoms with van der Waals surface area (Å²) < 4.78 is 13.0. The molecule has 2 aliphatic carbocycles. The lowest BCUT2D eigenvalue weighted by atomic mass is 9.95. The van der Waals surface area contributed by atoms with E-state index in [1.165, 1.54) is 37.9 Å². The smallest absolute Gasteiger partial charge is 0.250 e. The predicted octanol–water partition coefficient (Wildman–Crippen LogP) is 2.86. The van der Waals surface area contributed by atoms with Gasteiger partial charge in [-0.3, -0.25) is 9.63 Å². The van der Waals surface area contributed by atoms with Crippen LogP contribution in [0.1, 0.15) is 43.7 Å². The van der Waals surface area contributed by atoms with E-state index in [0.29, 0.717) is 18.4 Å². The van der Waals surface area contributed by atoms with Crippen LogP contribution in [0.25, 0.3) is 0 Å². The van der Waals surface area contributed by atoms with Crippen molar-refractivity contribution in [2.24, 2.45) is 17.8 Å². The minimum Gasteiger partial charge on any atom is -0.272 e. The lowest BCUT2D eigenvalue weighted by molar-refractivity contribution is -0.183. The Morgan fingerprint density at radius 1 is 1.24 bits per heavy atom. The highest BCUT2D eigenvalue weighted by molar-refractivity contribution is 5.80. The number of amides is 1. The third-order valence-electron chi connectivity index (χ3n) is 4.80. The summed E-state index contributed by atoms with van der Waals surface area (Å²) in [6.07, 6.45) is 6.94. The highest BCUT2D eigenvalue weighted by Gasteiger charge is 2.49. The van der Waals surface area contributed by atoms with Crippen LogP contribution in [0.3, 0.4) is 0 Å². The van der Waals surface area contributed by atoms with Gasteiger partial charge in [-0.25, -0.2) is 10.0 Å². The molecule has 3 fully saturated rings. The van der Waals surface area contributed by atoms with Crippen LogP contribution >= 0.6 is 0 Å². The van der Waals surface area contributed by atoms with Crippen molar-refractivity contribution in [2.75, 3.05) is 6.61 Å². The zero-order valence-electron chi connectivity index (χ0n) is 11.9. The number of halogens is 1. The summed E-state index contributed by atoms with van der Waals surface area (Å²) in [4.78, 5) is 22.2. The van der Waals surface area contributed by atoms with Crippen molar-refractivity contribution in [2.45, 2.75) is 38.1 Å². The molecule has 1 aromatic rings. The molecule has 4 rings (SSSR count). The lowest BCUT2D eigenvalue weighted by Crippen LogP contribution is -2.36. The van der Waals surface area contributed by atoms with Crippen molar-refractivity contribution in [3.63, 3.8) is 0 Å². The first-order chi connectivity index (χ1) is 10.2. The van der Waals surface area contributed by atoms with Crippen molar-refractivity contribution in [1.82, 2.24) is 10.0 Å². The first kappa shape index (κ1) is 13.2. The topological polar surface area (TPSA) is 42.4 Å². The van der Waals surface area contributed by atoms with Crippen LogP contribution in [0.2, 0.25) is 0 Å². The molecule has 1 atom stereocenters. The summed E-state index contributed by atoms with van der Waals surface area (Å²) in [6, 6.07) is 2.92. The molecule has 4 nitrogen and oxygen atoms in total. The molecule has 0 radical (unpaired) electrons. The Labute approximate surface area is 123 Å². The Bertz CT molecular complexity index is 528. The van der Waals surface area contributed by atoms with E-state index in [4.69, 9.17) is 4.84 Å². The van der Waals surface area contributed by atoms with E-state index >= 15 is 0 Å². The van der Waals surface area contributed by atoms with E-state index in [9.17, 15) is 9.18 Å². The zero-order chi connectivity index (χ0) is 14.4. The molecular formula is C16H19FN2O2. The number of hydroxylamine groups is 2. The van der Waals surface area contributed by atoms with Crippen LogP contribution in [0, 0.1) is 23.7 Å². The third kappa shape index (κ3) is 2.55. The second-order valence-electron chi connectivity index (χ2n) is 6.42. The maximum absolute atomic E-state index is 13.0. The molecule has 0 N–H and O–H groups in total.